The number of carbonyl (C=O) groups is 1. The number of carbonyl (C=O) groups excluding carboxylic acids is 1. The first-order chi connectivity index (χ1) is 11.2. The molecule has 3 N–H and O–H groups in total. The Labute approximate surface area is 134 Å². The summed E-state index contributed by atoms with van der Waals surface area (Å²) in [5, 5.41) is 11.5. The molecule has 0 aromatic heterocycles. The number of hydrogen-bond acceptors (Lipinski definition) is 3. The van der Waals surface area contributed by atoms with E-state index < -0.39 is 5.91 Å². The summed E-state index contributed by atoms with van der Waals surface area (Å²) in [5.41, 5.74) is 6.58. The topological polar surface area (TPSA) is 72.6 Å². The van der Waals surface area contributed by atoms with Crippen molar-refractivity contribution < 1.29 is 14.6 Å². The molecule has 3 rings (SSSR count). The second-order valence-corrected chi connectivity index (χ2v) is 5.26. The van der Waals surface area contributed by atoms with Gasteiger partial charge in [0.15, 0.2) is 0 Å². The van der Waals surface area contributed by atoms with E-state index >= 15 is 0 Å². The van der Waals surface area contributed by atoms with Crippen LogP contribution >= 0.6 is 0 Å². The first-order valence-electron chi connectivity index (χ1n) is 7.38. The van der Waals surface area contributed by atoms with Crippen molar-refractivity contribution in [1.82, 2.24) is 0 Å². The molecular formula is C19H17NO3. The van der Waals surface area contributed by atoms with Crippen molar-refractivity contribution in [1.29, 1.82) is 0 Å². The van der Waals surface area contributed by atoms with Crippen LogP contribution in [0.25, 0.3) is 10.8 Å². The van der Waals surface area contributed by atoms with Gasteiger partial charge in [-0.05, 0) is 11.6 Å². The van der Waals surface area contributed by atoms with Gasteiger partial charge in [0.25, 0.3) is 5.91 Å². The first-order valence-corrected chi connectivity index (χ1v) is 7.38. The number of hydrogen-bond donors (Lipinski definition) is 2. The molecule has 4 heteroatoms. The maximum atomic E-state index is 11.5. The fourth-order valence-electron chi connectivity index (χ4n) is 2.56. The van der Waals surface area contributed by atoms with Crippen LogP contribution in [-0.2, 0) is 6.42 Å². The van der Waals surface area contributed by atoms with Crippen LogP contribution in [0.5, 0.6) is 11.5 Å². The van der Waals surface area contributed by atoms with Gasteiger partial charge in [-0.25, -0.2) is 0 Å². The fraction of sp³-hybridized carbons (Fsp3) is 0.105. The van der Waals surface area contributed by atoms with Gasteiger partial charge in [-0.15, -0.1) is 0 Å². The number of fused-ring (bicyclic) bond motifs is 1. The Morgan fingerprint density at radius 2 is 1.65 bits per heavy atom. The molecule has 0 saturated heterocycles. The van der Waals surface area contributed by atoms with Gasteiger partial charge in [0.05, 0.1) is 12.2 Å². The molecule has 0 heterocycles. The molecule has 116 valence electrons. The normalized spacial score (nSPS) is 10.6. The third kappa shape index (κ3) is 3.11. The standard InChI is InChI=1S/C19H17NO3/c20-19(22)16-12-17(14-8-4-5-9-15(14)18(16)21)23-11-10-13-6-2-1-3-7-13/h1-9,12,21H,10-11H2,(H2,20,22). The van der Waals surface area contributed by atoms with Crippen LogP contribution in [0.3, 0.4) is 0 Å². The van der Waals surface area contributed by atoms with Crippen molar-refractivity contribution in [3.63, 3.8) is 0 Å². The summed E-state index contributed by atoms with van der Waals surface area (Å²) in [6.07, 6.45) is 0.752. The number of aromatic hydroxyl groups is 1. The average molecular weight is 307 g/mol. The number of ether oxygens (including phenoxy) is 1. The molecule has 1 amide bonds. The second-order valence-electron chi connectivity index (χ2n) is 5.26. The number of nitrogens with two attached hydrogens (primary N) is 1. The predicted molar refractivity (Wildman–Crippen MR) is 89.8 cm³/mol. The lowest BCUT2D eigenvalue weighted by molar-refractivity contribution is 0.0997. The molecule has 0 bridgehead atoms. The lowest BCUT2D eigenvalue weighted by Gasteiger charge is -2.13. The van der Waals surface area contributed by atoms with Crippen LogP contribution in [0, 0.1) is 0 Å². The molecule has 0 atom stereocenters. The molecule has 0 aliphatic carbocycles. The van der Waals surface area contributed by atoms with Gasteiger partial charge >= 0.3 is 0 Å². The summed E-state index contributed by atoms with van der Waals surface area (Å²) in [7, 11) is 0. The molecule has 0 saturated carbocycles. The Morgan fingerprint density at radius 1 is 1.00 bits per heavy atom. The summed E-state index contributed by atoms with van der Waals surface area (Å²) in [5.74, 6) is -0.243. The molecule has 23 heavy (non-hydrogen) atoms. The average Bonchev–Trinajstić information content (AvgIpc) is 2.58. The first kappa shape index (κ1) is 14.9. The van der Waals surface area contributed by atoms with Crippen molar-refractivity contribution in [3.05, 3.63) is 71.8 Å². The van der Waals surface area contributed by atoms with Crippen molar-refractivity contribution in [3.8, 4) is 11.5 Å². The highest BCUT2D eigenvalue weighted by Gasteiger charge is 2.15. The number of rotatable bonds is 5. The number of benzene rings is 3. The smallest absolute Gasteiger partial charge is 0.252 e. The molecular weight excluding hydrogens is 290 g/mol. The van der Waals surface area contributed by atoms with E-state index in [-0.39, 0.29) is 11.3 Å². The second kappa shape index (κ2) is 6.40. The van der Waals surface area contributed by atoms with Crippen LogP contribution in [0.4, 0.5) is 0 Å². The van der Waals surface area contributed by atoms with Crippen LogP contribution in [0.1, 0.15) is 15.9 Å². The number of primary amides is 1. The summed E-state index contributed by atoms with van der Waals surface area (Å²) >= 11 is 0. The predicted octanol–water partition coefficient (Wildman–Crippen LogP) is 3.27. The van der Waals surface area contributed by atoms with Gasteiger partial charge < -0.3 is 15.6 Å². The molecule has 0 unspecified atom stereocenters. The van der Waals surface area contributed by atoms with E-state index in [1.807, 2.05) is 42.5 Å². The van der Waals surface area contributed by atoms with E-state index in [0.29, 0.717) is 17.7 Å². The largest absolute Gasteiger partial charge is 0.506 e. The molecule has 4 nitrogen and oxygen atoms in total. The van der Waals surface area contributed by atoms with Gasteiger partial charge in [-0.2, -0.15) is 0 Å². The zero-order valence-corrected chi connectivity index (χ0v) is 12.5. The molecule has 0 aliphatic rings. The molecule has 3 aromatic carbocycles. The van der Waals surface area contributed by atoms with Crippen LogP contribution in [0.15, 0.2) is 60.7 Å². The zero-order chi connectivity index (χ0) is 16.2. The highest BCUT2D eigenvalue weighted by Crippen LogP contribution is 2.35. The Hall–Kier alpha value is -3.01. The molecule has 0 aliphatic heterocycles. The van der Waals surface area contributed by atoms with Gasteiger partial charge in [-0.1, -0.05) is 54.6 Å². The van der Waals surface area contributed by atoms with E-state index in [1.54, 1.807) is 12.1 Å². The highest BCUT2D eigenvalue weighted by atomic mass is 16.5. The third-order valence-electron chi connectivity index (χ3n) is 3.73. The van der Waals surface area contributed by atoms with Gasteiger partial charge in [0, 0.05) is 17.2 Å². The van der Waals surface area contributed by atoms with E-state index in [2.05, 4.69) is 0 Å². The summed E-state index contributed by atoms with van der Waals surface area (Å²) < 4.78 is 5.85. The van der Waals surface area contributed by atoms with Crippen molar-refractivity contribution in [2.24, 2.45) is 5.73 Å². The van der Waals surface area contributed by atoms with Gasteiger partial charge in [0.1, 0.15) is 11.5 Å². The highest BCUT2D eigenvalue weighted by molar-refractivity contribution is 6.05. The van der Waals surface area contributed by atoms with E-state index in [4.69, 9.17) is 10.5 Å². The molecule has 0 radical (unpaired) electrons. The fourth-order valence-corrected chi connectivity index (χ4v) is 2.56. The Balaban J connectivity index is 1.90. The summed E-state index contributed by atoms with van der Waals surface area (Å²) in [4.78, 5) is 11.5. The van der Waals surface area contributed by atoms with Crippen molar-refractivity contribution in [2.75, 3.05) is 6.61 Å². The van der Waals surface area contributed by atoms with Crippen LogP contribution in [-0.4, -0.2) is 17.6 Å². The maximum Gasteiger partial charge on any atom is 0.252 e. The quantitative estimate of drug-likeness (QED) is 0.760. The number of amides is 1. The minimum Gasteiger partial charge on any atom is -0.506 e. The van der Waals surface area contributed by atoms with Crippen molar-refractivity contribution >= 4 is 16.7 Å². The lowest BCUT2D eigenvalue weighted by Crippen LogP contribution is -2.12. The van der Waals surface area contributed by atoms with E-state index in [0.717, 1.165) is 11.8 Å². The van der Waals surface area contributed by atoms with E-state index in [9.17, 15) is 9.90 Å². The Kier molecular flexibility index (Phi) is 4.15. The Morgan fingerprint density at radius 3 is 2.35 bits per heavy atom. The van der Waals surface area contributed by atoms with Crippen molar-refractivity contribution in [2.45, 2.75) is 6.42 Å². The summed E-state index contributed by atoms with van der Waals surface area (Å²) in [6.45, 7) is 0.469. The maximum absolute atomic E-state index is 11.5. The number of phenols is 1. The molecule has 3 aromatic rings. The SMILES string of the molecule is NC(=O)c1cc(OCCc2ccccc2)c2ccccc2c1O. The van der Waals surface area contributed by atoms with E-state index in [1.165, 1.54) is 11.6 Å². The monoisotopic (exact) mass is 307 g/mol. The van der Waals surface area contributed by atoms with Gasteiger partial charge in [0.2, 0.25) is 0 Å². The molecule has 0 fully saturated rings. The van der Waals surface area contributed by atoms with Crippen LogP contribution < -0.4 is 10.5 Å². The minimum absolute atomic E-state index is 0.0680. The Bertz CT molecular complexity index is 844. The summed E-state index contributed by atoms with van der Waals surface area (Å²) in [6, 6.07) is 18.7. The minimum atomic E-state index is -0.679. The third-order valence-corrected chi connectivity index (χ3v) is 3.73. The molecule has 0 spiro atoms. The van der Waals surface area contributed by atoms with Gasteiger partial charge in [-0.3, -0.25) is 4.79 Å². The lowest BCUT2D eigenvalue weighted by atomic mass is 10.0. The zero-order valence-electron chi connectivity index (χ0n) is 12.5. The van der Waals surface area contributed by atoms with Crippen LogP contribution in [0.2, 0.25) is 0 Å².